The van der Waals surface area contributed by atoms with Crippen LogP contribution in [-0.2, 0) is 0 Å². The largest absolute Gasteiger partial charge is 0.172 e. The van der Waals surface area contributed by atoms with Gasteiger partial charge in [-0.3, -0.25) is 0 Å². The van der Waals surface area contributed by atoms with E-state index in [4.69, 9.17) is 0 Å². The van der Waals surface area contributed by atoms with Gasteiger partial charge >= 0.3 is 0 Å². The highest BCUT2D eigenvalue weighted by Gasteiger charge is 2.15. The first-order valence-corrected chi connectivity index (χ1v) is 8.65. The molecule has 0 fully saturated rings. The standard InChI is InChI=1S/C12H8N2S3.C2H6/c1-5-3-7-9-10(14-17-13-9)8-4-6(2)16-12(8)11(7)15-5;1-2/h3-4H,1-2H3;1-2H3. The van der Waals surface area contributed by atoms with Crippen molar-refractivity contribution >= 4 is 65.6 Å². The van der Waals surface area contributed by atoms with Gasteiger partial charge in [0.2, 0.25) is 0 Å². The lowest BCUT2D eigenvalue weighted by molar-refractivity contribution is 1.50. The summed E-state index contributed by atoms with van der Waals surface area (Å²) in [7, 11) is 0. The Hall–Kier alpha value is -1.04. The summed E-state index contributed by atoms with van der Waals surface area (Å²) in [4.78, 5) is 2.68. The minimum Gasteiger partial charge on any atom is -0.172 e. The van der Waals surface area contributed by atoms with Crippen LogP contribution in [0.4, 0.5) is 0 Å². The Labute approximate surface area is 124 Å². The zero-order valence-corrected chi connectivity index (χ0v) is 13.7. The van der Waals surface area contributed by atoms with Gasteiger partial charge in [0.1, 0.15) is 11.0 Å². The molecule has 4 rings (SSSR count). The normalized spacial score (nSPS) is 11.2. The number of aromatic nitrogens is 2. The van der Waals surface area contributed by atoms with Crippen LogP contribution in [0.2, 0.25) is 0 Å². The van der Waals surface area contributed by atoms with Crippen molar-refractivity contribution in [3.63, 3.8) is 0 Å². The smallest absolute Gasteiger partial charge is 0.114 e. The molecule has 0 aliphatic rings. The SMILES string of the molecule is CC.Cc1cc2c3nsnc3c3cc(C)sc3c2s1. The Morgan fingerprint density at radius 1 is 0.789 bits per heavy atom. The maximum Gasteiger partial charge on any atom is 0.114 e. The number of hydrogen-bond acceptors (Lipinski definition) is 5. The van der Waals surface area contributed by atoms with Crippen molar-refractivity contribution in [2.24, 2.45) is 0 Å². The summed E-state index contributed by atoms with van der Waals surface area (Å²) in [5.41, 5.74) is 2.14. The lowest BCUT2D eigenvalue weighted by atomic mass is 10.1. The highest BCUT2D eigenvalue weighted by Crippen LogP contribution is 2.42. The molecule has 0 amide bonds. The second-order valence-electron chi connectivity index (χ2n) is 4.16. The minimum absolute atomic E-state index is 1.07. The average Bonchev–Trinajstić information content (AvgIpc) is 3.07. The zero-order valence-electron chi connectivity index (χ0n) is 11.3. The van der Waals surface area contributed by atoms with Gasteiger partial charge in [-0.2, -0.15) is 8.75 Å². The molecule has 3 aromatic heterocycles. The van der Waals surface area contributed by atoms with Gasteiger partial charge in [0, 0.05) is 20.5 Å². The Kier molecular flexibility index (Phi) is 3.28. The summed E-state index contributed by atoms with van der Waals surface area (Å²) >= 11 is 5.03. The van der Waals surface area contributed by atoms with Crippen LogP contribution >= 0.6 is 34.4 Å². The maximum absolute atomic E-state index is 4.46. The van der Waals surface area contributed by atoms with Crippen LogP contribution in [0.3, 0.4) is 0 Å². The monoisotopic (exact) mass is 306 g/mol. The molecular weight excluding hydrogens is 292 g/mol. The van der Waals surface area contributed by atoms with Crippen molar-refractivity contribution < 1.29 is 0 Å². The van der Waals surface area contributed by atoms with E-state index < -0.39 is 0 Å². The Balaban J connectivity index is 0.000000528. The number of aryl methyl sites for hydroxylation is 2. The summed E-state index contributed by atoms with van der Waals surface area (Å²) in [5, 5.41) is 2.54. The van der Waals surface area contributed by atoms with Crippen LogP contribution in [0, 0.1) is 13.8 Å². The van der Waals surface area contributed by atoms with E-state index in [0.29, 0.717) is 0 Å². The van der Waals surface area contributed by atoms with Crippen LogP contribution < -0.4 is 0 Å². The maximum atomic E-state index is 4.46. The van der Waals surface area contributed by atoms with Crippen molar-refractivity contribution in [2.75, 3.05) is 0 Å². The molecule has 0 saturated carbocycles. The van der Waals surface area contributed by atoms with Crippen molar-refractivity contribution in [2.45, 2.75) is 27.7 Å². The first-order valence-electron chi connectivity index (χ1n) is 6.28. The van der Waals surface area contributed by atoms with Gasteiger partial charge in [-0.05, 0) is 26.0 Å². The van der Waals surface area contributed by atoms with E-state index in [1.54, 1.807) is 0 Å². The van der Waals surface area contributed by atoms with Gasteiger partial charge in [-0.1, -0.05) is 13.8 Å². The van der Waals surface area contributed by atoms with Gasteiger partial charge in [0.15, 0.2) is 0 Å². The Morgan fingerprint density at radius 2 is 1.21 bits per heavy atom. The van der Waals surface area contributed by atoms with Gasteiger partial charge in [-0.15, -0.1) is 22.7 Å². The summed E-state index contributed by atoms with van der Waals surface area (Å²) < 4.78 is 11.7. The molecule has 0 spiro atoms. The molecule has 98 valence electrons. The number of thiophene rings is 2. The van der Waals surface area contributed by atoms with Crippen LogP contribution in [0.1, 0.15) is 23.6 Å². The molecule has 3 heterocycles. The van der Waals surface area contributed by atoms with E-state index >= 15 is 0 Å². The summed E-state index contributed by atoms with van der Waals surface area (Å²) in [6, 6.07) is 4.47. The lowest BCUT2D eigenvalue weighted by Crippen LogP contribution is -1.72. The summed E-state index contributed by atoms with van der Waals surface area (Å²) in [5.74, 6) is 0. The third-order valence-corrected chi connectivity index (χ3v) is 5.71. The van der Waals surface area contributed by atoms with Crippen LogP contribution in [-0.4, -0.2) is 8.75 Å². The molecule has 1 aromatic carbocycles. The summed E-state index contributed by atoms with van der Waals surface area (Å²) in [6.45, 7) is 8.31. The number of fused-ring (bicyclic) bond motifs is 6. The van der Waals surface area contributed by atoms with Crippen LogP contribution in [0.5, 0.6) is 0 Å². The fourth-order valence-electron chi connectivity index (χ4n) is 2.26. The second-order valence-corrected chi connectivity index (χ2v) is 7.20. The topological polar surface area (TPSA) is 25.8 Å². The lowest BCUT2D eigenvalue weighted by Gasteiger charge is -1.94. The van der Waals surface area contributed by atoms with E-state index in [9.17, 15) is 0 Å². The third kappa shape index (κ3) is 1.88. The van der Waals surface area contributed by atoms with Crippen molar-refractivity contribution in [3.05, 3.63) is 21.9 Å². The molecule has 0 N–H and O–H groups in total. The van der Waals surface area contributed by atoms with Crippen LogP contribution in [0.25, 0.3) is 31.2 Å². The van der Waals surface area contributed by atoms with Gasteiger partial charge < -0.3 is 0 Å². The highest BCUT2D eigenvalue weighted by atomic mass is 32.1. The highest BCUT2D eigenvalue weighted by molar-refractivity contribution is 7.27. The zero-order chi connectivity index (χ0) is 13.6. The number of hydrogen-bond donors (Lipinski definition) is 0. The predicted molar refractivity (Wildman–Crippen MR) is 89.0 cm³/mol. The molecule has 0 aliphatic heterocycles. The van der Waals surface area contributed by atoms with Crippen molar-refractivity contribution in [1.29, 1.82) is 0 Å². The molecule has 0 bridgehead atoms. The molecule has 4 aromatic rings. The molecular formula is C14H14N2S3. The Bertz CT molecular complexity index is 796. The third-order valence-electron chi connectivity index (χ3n) is 2.92. The molecule has 0 radical (unpaired) electrons. The quantitative estimate of drug-likeness (QED) is 0.412. The molecule has 0 saturated heterocycles. The first kappa shape index (κ1) is 13.0. The molecule has 19 heavy (non-hydrogen) atoms. The molecule has 0 aliphatic carbocycles. The van der Waals surface area contributed by atoms with Gasteiger partial charge in [0.05, 0.1) is 21.1 Å². The van der Waals surface area contributed by atoms with Crippen molar-refractivity contribution in [3.8, 4) is 0 Å². The van der Waals surface area contributed by atoms with Gasteiger partial charge in [0.25, 0.3) is 0 Å². The number of rotatable bonds is 0. The molecule has 0 unspecified atom stereocenters. The second kappa shape index (κ2) is 4.81. The molecule has 0 atom stereocenters. The van der Waals surface area contributed by atoms with Crippen LogP contribution in [0.15, 0.2) is 12.1 Å². The summed E-state index contributed by atoms with van der Waals surface area (Å²) in [6.07, 6.45) is 0. The number of nitrogens with zero attached hydrogens (tertiary/aromatic N) is 2. The molecule has 2 nitrogen and oxygen atoms in total. The van der Waals surface area contributed by atoms with E-state index in [1.165, 1.54) is 41.7 Å². The van der Waals surface area contributed by atoms with E-state index in [1.807, 2.05) is 36.5 Å². The fraction of sp³-hybridized carbons (Fsp3) is 0.286. The number of benzene rings is 1. The molecule has 5 heteroatoms. The fourth-order valence-corrected chi connectivity index (χ4v) is 5.02. The minimum atomic E-state index is 1.07. The van der Waals surface area contributed by atoms with E-state index in [0.717, 1.165) is 11.0 Å². The average molecular weight is 306 g/mol. The van der Waals surface area contributed by atoms with Crippen molar-refractivity contribution in [1.82, 2.24) is 8.75 Å². The first-order chi connectivity index (χ1) is 9.24. The van der Waals surface area contributed by atoms with Gasteiger partial charge in [-0.25, -0.2) is 0 Å². The predicted octanol–water partition coefficient (Wildman–Crippen LogP) is 5.76. The Morgan fingerprint density at radius 3 is 1.63 bits per heavy atom. The van der Waals surface area contributed by atoms with E-state index in [2.05, 4.69) is 34.7 Å². The van der Waals surface area contributed by atoms with E-state index in [-0.39, 0.29) is 0 Å².